The highest BCUT2D eigenvalue weighted by molar-refractivity contribution is 6.46. The van der Waals surface area contributed by atoms with Gasteiger partial charge in [0, 0.05) is 18.5 Å². The molecule has 1 aromatic heterocycles. The third kappa shape index (κ3) is 5.01. The molecule has 6 rings (SSSR count). The quantitative estimate of drug-likeness (QED) is 0.149. The summed E-state index contributed by atoms with van der Waals surface area (Å²) in [5.41, 5.74) is 1.04. The Morgan fingerprint density at radius 2 is 1.77 bits per heavy atom. The Hall–Kier alpha value is -5.05. The lowest BCUT2D eigenvalue weighted by Gasteiger charge is -2.25. The summed E-state index contributed by atoms with van der Waals surface area (Å²) in [7, 11) is 0. The Balaban J connectivity index is 1.38. The molecule has 9 nitrogen and oxygen atoms in total. The zero-order valence-corrected chi connectivity index (χ0v) is 21.7. The van der Waals surface area contributed by atoms with Crippen LogP contribution in [0.25, 0.3) is 5.76 Å². The Morgan fingerprint density at radius 1 is 0.975 bits per heavy atom. The summed E-state index contributed by atoms with van der Waals surface area (Å²) in [4.78, 5) is 31.4. The number of ketones is 1. The standard InChI is InChI=1S/C31H27N3O6/c35-29(22-10-11-25-26(19-22)39-17-16-38-25)27-28(21-6-4-9-24(18-21)40-23-7-2-1-3-8-23)34(31(37)30(27)36)14-5-13-33-15-12-32-20-33/h1-4,6-12,15,18-20,28H,5,13-14,16-17H2,(H,35,36)/p+1. The van der Waals surface area contributed by atoms with Crippen molar-refractivity contribution >= 4 is 17.4 Å². The lowest BCUT2D eigenvalue weighted by atomic mass is 9.95. The van der Waals surface area contributed by atoms with Crippen LogP contribution in [-0.4, -0.2) is 46.4 Å². The van der Waals surface area contributed by atoms with Gasteiger partial charge in [0.2, 0.25) is 6.33 Å². The minimum absolute atomic E-state index is 0.0211. The molecule has 4 aromatic rings. The molecular weight excluding hydrogens is 510 g/mol. The van der Waals surface area contributed by atoms with E-state index >= 15 is 0 Å². The number of rotatable bonds is 8. The number of amides is 1. The Kier molecular flexibility index (Phi) is 6.93. The Bertz CT molecular complexity index is 1570. The maximum atomic E-state index is 13.5. The van der Waals surface area contributed by atoms with Gasteiger partial charge in [-0.15, -0.1) is 0 Å². The number of nitrogens with one attached hydrogen (secondary N) is 1. The lowest BCUT2D eigenvalue weighted by Crippen LogP contribution is -2.36. The number of ether oxygens (including phenoxy) is 3. The van der Waals surface area contributed by atoms with Crippen molar-refractivity contribution in [2.75, 3.05) is 19.8 Å². The maximum Gasteiger partial charge on any atom is 0.295 e. The molecule has 0 radical (unpaired) electrons. The van der Waals surface area contributed by atoms with E-state index in [1.807, 2.05) is 71.8 Å². The number of aromatic amines is 1. The first-order valence-electron chi connectivity index (χ1n) is 13.1. The number of aliphatic hydroxyl groups is 1. The molecule has 0 aliphatic carbocycles. The SMILES string of the molecule is O=C1C(=O)N(CCC[n+]2cc[nH]c2)C(c2cccc(Oc3ccccc3)c2)C1=C(O)c1ccc2c(c1)OCCO2. The van der Waals surface area contributed by atoms with Crippen LogP contribution in [0, 0.1) is 0 Å². The molecule has 1 amide bonds. The largest absolute Gasteiger partial charge is 0.507 e. The Morgan fingerprint density at radius 3 is 2.58 bits per heavy atom. The molecule has 3 aromatic carbocycles. The number of aromatic nitrogens is 2. The maximum absolute atomic E-state index is 13.5. The van der Waals surface area contributed by atoms with E-state index in [4.69, 9.17) is 14.2 Å². The predicted molar refractivity (Wildman–Crippen MR) is 145 cm³/mol. The molecule has 0 bridgehead atoms. The number of para-hydroxylation sites is 1. The molecule has 2 N–H and O–H groups in total. The van der Waals surface area contributed by atoms with Crippen molar-refractivity contribution in [3.8, 4) is 23.0 Å². The van der Waals surface area contributed by atoms with Crippen molar-refractivity contribution < 1.29 is 33.5 Å². The van der Waals surface area contributed by atoms with Crippen LogP contribution in [0.2, 0.25) is 0 Å². The minimum atomic E-state index is -0.802. The van der Waals surface area contributed by atoms with Gasteiger partial charge in [-0.25, -0.2) is 4.57 Å². The van der Waals surface area contributed by atoms with Crippen LogP contribution < -0.4 is 18.8 Å². The molecule has 1 atom stereocenters. The van der Waals surface area contributed by atoms with Crippen LogP contribution in [0.4, 0.5) is 0 Å². The van der Waals surface area contributed by atoms with Crippen LogP contribution >= 0.6 is 0 Å². The number of benzene rings is 3. The highest BCUT2D eigenvalue weighted by atomic mass is 16.6. The molecular formula is C31H28N3O6+. The zero-order chi connectivity index (χ0) is 27.5. The van der Waals surface area contributed by atoms with Gasteiger partial charge in [0.15, 0.2) is 11.5 Å². The van der Waals surface area contributed by atoms with E-state index in [0.717, 1.165) is 0 Å². The average Bonchev–Trinajstić information content (AvgIpc) is 3.59. The van der Waals surface area contributed by atoms with Crippen LogP contribution in [0.1, 0.15) is 23.6 Å². The van der Waals surface area contributed by atoms with E-state index in [9.17, 15) is 14.7 Å². The third-order valence-corrected chi connectivity index (χ3v) is 6.93. The van der Waals surface area contributed by atoms with Crippen molar-refractivity contribution in [3.05, 3.63) is 108 Å². The zero-order valence-electron chi connectivity index (χ0n) is 21.7. The smallest absolute Gasteiger partial charge is 0.295 e. The van der Waals surface area contributed by atoms with Gasteiger partial charge in [-0.3, -0.25) is 14.6 Å². The molecule has 0 spiro atoms. The summed E-state index contributed by atoms with van der Waals surface area (Å²) < 4.78 is 19.3. The second kappa shape index (κ2) is 11.0. The summed E-state index contributed by atoms with van der Waals surface area (Å²) >= 11 is 0. The van der Waals surface area contributed by atoms with Crippen LogP contribution in [0.5, 0.6) is 23.0 Å². The number of carbonyl (C=O) groups is 2. The number of fused-ring (bicyclic) bond motifs is 1. The monoisotopic (exact) mass is 538 g/mol. The molecule has 2 aliphatic heterocycles. The number of nitrogens with zero attached hydrogens (tertiary/aromatic N) is 2. The van der Waals surface area contributed by atoms with Gasteiger partial charge in [-0.05, 0) is 48.0 Å². The van der Waals surface area contributed by atoms with Crippen molar-refractivity contribution in [2.45, 2.75) is 19.0 Å². The van der Waals surface area contributed by atoms with Crippen LogP contribution in [0.3, 0.4) is 0 Å². The number of Topliss-reactive ketones (excluding diaryl/α,β-unsaturated/α-hetero) is 1. The first-order valence-corrected chi connectivity index (χ1v) is 13.1. The van der Waals surface area contributed by atoms with Gasteiger partial charge < -0.3 is 24.2 Å². The van der Waals surface area contributed by atoms with Crippen LogP contribution in [0.15, 0.2) is 97.1 Å². The number of H-pyrrole nitrogens is 1. The highest BCUT2D eigenvalue weighted by Crippen LogP contribution is 2.42. The van der Waals surface area contributed by atoms with E-state index in [2.05, 4.69) is 4.98 Å². The number of hydrogen-bond donors (Lipinski definition) is 2. The topological polar surface area (TPSA) is 105 Å². The molecule has 202 valence electrons. The summed E-state index contributed by atoms with van der Waals surface area (Å²) in [6, 6.07) is 20.8. The normalized spacial score (nSPS) is 17.7. The number of aryl methyl sites for hydroxylation is 1. The number of hydrogen-bond acceptors (Lipinski definition) is 6. The second-order valence-corrected chi connectivity index (χ2v) is 9.54. The van der Waals surface area contributed by atoms with Gasteiger partial charge >= 0.3 is 0 Å². The summed E-state index contributed by atoms with van der Waals surface area (Å²) in [6.07, 6.45) is 6.16. The van der Waals surface area contributed by atoms with Crippen LogP contribution in [-0.2, 0) is 16.1 Å². The van der Waals surface area contributed by atoms with Gasteiger partial charge in [-0.2, -0.15) is 0 Å². The third-order valence-electron chi connectivity index (χ3n) is 6.93. The molecule has 9 heteroatoms. The summed E-state index contributed by atoms with van der Waals surface area (Å²) in [6.45, 7) is 1.79. The fraction of sp³-hybridized carbons (Fsp3) is 0.194. The predicted octanol–water partition coefficient (Wildman–Crippen LogP) is 4.38. The van der Waals surface area contributed by atoms with Gasteiger partial charge in [0.25, 0.3) is 11.7 Å². The summed E-state index contributed by atoms with van der Waals surface area (Å²) in [5.74, 6) is 0.594. The number of likely N-dealkylation sites (tertiary alicyclic amines) is 1. The molecule has 3 heterocycles. The van der Waals surface area contributed by atoms with Gasteiger partial charge in [0.05, 0.1) is 18.2 Å². The highest BCUT2D eigenvalue weighted by Gasteiger charge is 2.46. The van der Waals surface area contributed by atoms with Crippen molar-refractivity contribution in [3.63, 3.8) is 0 Å². The van der Waals surface area contributed by atoms with Crippen molar-refractivity contribution in [2.24, 2.45) is 0 Å². The fourth-order valence-electron chi connectivity index (χ4n) is 5.06. The van der Waals surface area contributed by atoms with E-state index in [-0.39, 0.29) is 11.3 Å². The van der Waals surface area contributed by atoms with Crippen molar-refractivity contribution in [1.29, 1.82) is 0 Å². The average molecular weight is 539 g/mol. The van der Waals surface area contributed by atoms with E-state index in [1.165, 1.54) is 4.90 Å². The van der Waals surface area contributed by atoms with E-state index in [1.54, 1.807) is 24.3 Å². The molecule has 1 saturated heterocycles. The summed E-state index contributed by atoms with van der Waals surface area (Å²) in [5, 5.41) is 11.5. The molecule has 40 heavy (non-hydrogen) atoms. The van der Waals surface area contributed by atoms with Gasteiger partial charge in [-0.1, -0.05) is 30.3 Å². The number of aliphatic hydroxyl groups excluding tert-OH is 1. The minimum Gasteiger partial charge on any atom is -0.507 e. The number of carbonyl (C=O) groups excluding carboxylic acids is 2. The van der Waals surface area contributed by atoms with E-state index in [0.29, 0.717) is 66.8 Å². The fourth-order valence-corrected chi connectivity index (χ4v) is 5.06. The molecule has 2 aliphatic rings. The first-order chi connectivity index (χ1) is 19.6. The number of imidazole rings is 1. The van der Waals surface area contributed by atoms with Crippen molar-refractivity contribution in [1.82, 2.24) is 9.88 Å². The lowest BCUT2D eigenvalue weighted by molar-refractivity contribution is -0.695. The second-order valence-electron chi connectivity index (χ2n) is 9.54. The molecule has 0 saturated carbocycles. The Labute approximate surface area is 230 Å². The van der Waals surface area contributed by atoms with E-state index < -0.39 is 17.7 Å². The molecule has 1 fully saturated rings. The molecule has 1 unspecified atom stereocenters. The first kappa shape index (κ1) is 25.2. The van der Waals surface area contributed by atoms with Gasteiger partial charge in [0.1, 0.15) is 42.9 Å².